The maximum absolute atomic E-state index is 15.0. The van der Waals surface area contributed by atoms with Crippen molar-refractivity contribution in [2.45, 2.75) is 70.5 Å². The highest BCUT2D eigenvalue weighted by Gasteiger charge is 2.50. The van der Waals surface area contributed by atoms with Gasteiger partial charge in [0.05, 0.1) is 18.7 Å². The summed E-state index contributed by atoms with van der Waals surface area (Å²) >= 11 is 0. The number of hydrogen-bond acceptors (Lipinski definition) is 4. The zero-order chi connectivity index (χ0) is 25.6. The molecule has 4 atom stereocenters. The van der Waals surface area contributed by atoms with Crippen LogP contribution in [-0.2, 0) is 19.1 Å². The van der Waals surface area contributed by atoms with E-state index in [0.29, 0.717) is 25.2 Å². The Labute approximate surface area is 196 Å². The fraction of sp³-hybridized carbons (Fsp3) is 0.542. The van der Waals surface area contributed by atoms with Crippen LogP contribution in [0.1, 0.15) is 51.8 Å². The molecular formula is C24H30F4N2O4. The largest absolute Gasteiger partial charge is 0.497 e. The number of hydrogen-bond donors (Lipinski definition) is 0. The summed E-state index contributed by atoms with van der Waals surface area (Å²) in [5.74, 6) is -3.71. The van der Waals surface area contributed by atoms with E-state index >= 15 is 0 Å². The highest BCUT2D eigenvalue weighted by atomic mass is 19.4. The Morgan fingerprint density at radius 3 is 2.38 bits per heavy atom. The molecule has 188 valence electrons. The van der Waals surface area contributed by atoms with Crippen LogP contribution in [0.15, 0.2) is 42.7 Å². The lowest BCUT2D eigenvalue weighted by atomic mass is 9.97. The van der Waals surface area contributed by atoms with E-state index in [-0.39, 0.29) is 17.0 Å². The summed E-state index contributed by atoms with van der Waals surface area (Å²) in [5.41, 5.74) is 0.153. The number of halogens is 4. The quantitative estimate of drug-likeness (QED) is 0.364. The Morgan fingerprint density at radius 2 is 1.85 bits per heavy atom. The average molecular weight is 487 g/mol. The standard InChI is InChI=1S/C24H30F4N2O4/c1-5-34-17(4)20-12-9-13-29(20)22(32)15(2)30(23(33)24(26,27)28)21(16(3)31)14-19(25)18-10-7-6-8-11-18/h6-8,10-11,15,19-21H,4-5,9,12-14H2,1-3H3/t15-,19?,20-,21-/m0/s1. The van der Waals surface area contributed by atoms with Crippen molar-refractivity contribution in [2.75, 3.05) is 13.2 Å². The monoisotopic (exact) mass is 486 g/mol. The van der Waals surface area contributed by atoms with E-state index in [4.69, 9.17) is 4.74 Å². The van der Waals surface area contributed by atoms with Crippen molar-refractivity contribution in [1.29, 1.82) is 0 Å². The summed E-state index contributed by atoms with van der Waals surface area (Å²) in [6.45, 7) is 8.16. The van der Waals surface area contributed by atoms with Gasteiger partial charge in [-0.05, 0) is 39.2 Å². The van der Waals surface area contributed by atoms with Crippen molar-refractivity contribution in [3.8, 4) is 0 Å². The lowest BCUT2D eigenvalue weighted by Crippen LogP contribution is -2.59. The molecule has 1 unspecified atom stereocenters. The van der Waals surface area contributed by atoms with Crippen molar-refractivity contribution in [3.05, 3.63) is 48.2 Å². The molecule has 1 aromatic rings. The van der Waals surface area contributed by atoms with Gasteiger partial charge >= 0.3 is 12.1 Å². The molecule has 0 aromatic heterocycles. The molecule has 2 rings (SSSR count). The van der Waals surface area contributed by atoms with Gasteiger partial charge in [0.2, 0.25) is 5.91 Å². The smallest absolute Gasteiger partial charge is 0.471 e. The molecule has 1 aliphatic rings. The van der Waals surface area contributed by atoms with Crippen LogP contribution in [0.5, 0.6) is 0 Å². The van der Waals surface area contributed by atoms with Gasteiger partial charge in [0.1, 0.15) is 18.0 Å². The first-order valence-electron chi connectivity index (χ1n) is 11.1. The van der Waals surface area contributed by atoms with E-state index in [1.54, 1.807) is 25.1 Å². The highest BCUT2D eigenvalue weighted by molar-refractivity contribution is 5.94. The number of likely N-dealkylation sites (tertiary alicyclic amines) is 1. The Balaban J connectivity index is 2.39. The number of carbonyl (C=O) groups excluding carboxylic acids is 3. The maximum Gasteiger partial charge on any atom is 0.471 e. The molecule has 1 aromatic carbocycles. The first-order valence-corrected chi connectivity index (χ1v) is 11.1. The van der Waals surface area contributed by atoms with Gasteiger partial charge in [0, 0.05) is 13.0 Å². The molecule has 0 spiro atoms. The van der Waals surface area contributed by atoms with Gasteiger partial charge < -0.3 is 14.5 Å². The van der Waals surface area contributed by atoms with Crippen LogP contribution in [0.4, 0.5) is 17.6 Å². The minimum absolute atomic E-state index is 0.153. The lowest BCUT2D eigenvalue weighted by Gasteiger charge is -2.38. The van der Waals surface area contributed by atoms with E-state index in [1.165, 1.54) is 17.0 Å². The predicted molar refractivity (Wildman–Crippen MR) is 117 cm³/mol. The number of carbonyl (C=O) groups is 3. The molecule has 0 radical (unpaired) electrons. The number of benzene rings is 1. The molecule has 0 saturated carbocycles. The zero-order valence-corrected chi connectivity index (χ0v) is 19.5. The lowest BCUT2D eigenvalue weighted by molar-refractivity contribution is -0.192. The molecule has 6 nitrogen and oxygen atoms in total. The van der Waals surface area contributed by atoms with Gasteiger partial charge in [-0.15, -0.1) is 0 Å². The van der Waals surface area contributed by atoms with E-state index in [1.807, 2.05) is 0 Å². The molecule has 0 bridgehead atoms. The molecular weight excluding hydrogens is 456 g/mol. The van der Waals surface area contributed by atoms with Gasteiger partial charge in [-0.2, -0.15) is 13.2 Å². The minimum Gasteiger partial charge on any atom is -0.497 e. The van der Waals surface area contributed by atoms with Crippen LogP contribution in [0.3, 0.4) is 0 Å². The molecule has 10 heteroatoms. The fourth-order valence-electron chi connectivity index (χ4n) is 4.21. The molecule has 2 amide bonds. The summed E-state index contributed by atoms with van der Waals surface area (Å²) in [6.07, 6.45) is -6.83. The molecule has 1 aliphatic heterocycles. The number of alkyl halides is 4. The average Bonchev–Trinajstić information content (AvgIpc) is 3.27. The Bertz CT molecular complexity index is 891. The second kappa shape index (κ2) is 11.5. The second-order valence-corrected chi connectivity index (χ2v) is 8.22. The number of ether oxygens (including phenoxy) is 1. The number of Topliss-reactive ketones (excluding diaryl/α,β-unsaturated/α-hetero) is 1. The first-order chi connectivity index (χ1) is 15.9. The fourth-order valence-corrected chi connectivity index (χ4v) is 4.21. The SMILES string of the molecule is C=C(OCC)[C@@H]1CCCN1C(=O)[C@H](C)N(C(=O)C(F)(F)F)[C@@H](CC(F)c1ccccc1)C(C)=O. The summed E-state index contributed by atoms with van der Waals surface area (Å²) in [7, 11) is 0. The molecule has 1 heterocycles. The van der Waals surface area contributed by atoms with E-state index in [9.17, 15) is 31.9 Å². The third-order valence-corrected chi connectivity index (χ3v) is 5.89. The first kappa shape index (κ1) is 27.3. The third kappa shape index (κ3) is 6.36. The highest BCUT2D eigenvalue weighted by Crippen LogP contribution is 2.31. The topological polar surface area (TPSA) is 66.9 Å². The van der Waals surface area contributed by atoms with Crippen molar-refractivity contribution in [3.63, 3.8) is 0 Å². The summed E-state index contributed by atoms with van der Waals surface area (Å²) in [4.78, 5) is 39.6. The van der Waals surface area contributed by atoms with Crippen LogP contribution in [0, 0.1) is 0 Å². The molecule has 0 aliphatic carbocycles. The van der Waals surface area contributed by atoms with Crippen LogP contribution in [-0.4, -0.2) is 64.9 Å². The van der Waals surface area contributed by atoms with Crippen LogP contribution in [0.2, 0.25) is 0 Å². The minimum atomic E-state index is -5.36. The molecule has 0 N–H and O–H groups in total. The number of amides is 2. The summed E-state index contributed by atoms with van der Waals surface area (Å²) in [5, 5.41) is 0. The van der Waals surface area contributed by atoms with E-state index in [0.717, 1.165) is 13.8 Å². The Kier molecular flexibility index (Phi) is 9.23. The van der Waals surface area contributed by atoms with Gasteiger partial charge in [-0.1, -0.05) is 36.9 Å². The third-order valence-electron chi connectivity index (χ3n) is 5.89. The second-order valence-electron chi connectivity index (χ2n) is 8.22. The van der Waals surface area contributed by atoms with Crippen molar-refractivity contribution in [2.24, 2.45) is 0 Å². The van der Waals surface area contributed by atoms with Crippen molar-refractivity contribution >= 4 is 17.6 Å². The van der Waals surface area contributed by atoms with Gasteiger partial charge in [-0.25, -0.2) is 4.39 Å². The van der Waals surface area contributed by atoms with Gasteiger partial charge in [0.15, 0.2) is 5.78 Å². The normalized spacial score (nSPS) is 18.7. The van der Waals surface area contributed by atoms with Crippen molar-refractivity contribution in [1.82, 2.24) is 9.80 Å². The van der Waals surface area contributed by atoms with Crippen molar-refractivity contribution < 1.29 is 36.7 Å². The number of ketones is 1. The molecule has 1 fully saturated rings. The molecule has 1 saturated heterocycles. The van der Waals surface area contributed by atoms with Crippen LogP contribution < -0.4 is 0 Å². The maximum atomic E-state index is 15.0. The number of rotatable bonds is 10. The molecule has 34 heavy (non-hydrogen) atoms. The number of nitrogens with zero attached hydrogens (tertiary/aromatic N) is 2. The Hall–Kier alpha value is -2.91. The van der Waals surface area contributed by atoms with Gasteiger partial charge in [0.25, 0.3) is 0 Å². The summed E-state index contributed by atoms with van der Waals surface area (Å²) < 4.78 is 61.0. The Morgan fingerprint density at radius 1 is 1.24 bits per heavy atom. The van der Waals surface area contributed by atoms with Gasteiger partial charge in [-0.3, -0.25) is 14.4 Å². The van der Waals surface area contributed by atoms with E-state index in [2.05, 4.69) is 6.58 Å². The predicted octanol–water partition coefficient (Wildman–Crippen LogP) is 4.37. The van der Waals surface area contributed by atoms with E-state index < -0.39 is 54.5 Å². The zero-order valence-electron chi connectivity index (χ0n) is 19.5. The summed E-state index contributed by atoms with van der Waals surface area (Å²) in [6, 6.07) is 3.58. The van der Waals surface area contributed by atoms with Crippen LogP contribution in [0.25, 0.3) is 0 Å². The van der Waals surface area contributed by atoms with Crippen LogP contribution >= 0.6 is 0 Å².